The Bertz CT molecular complexity index is 1300. The number of halogens is 1. The predicted octanol–water partition coefficient (Wildman–Crippen LogP) is 2.19. The second-order valence-corrected chi connectivity index (χ2v) is 10.1. The fourth-order valence-electron chi connectivity index (χ4n) is 3.60. The van der Waals surface area contributed by atoms with E-state index in [9.17, 15) is 8.42 Å². The van der Waals surface area contributed by atoms with Gasteiger partial charge in [0.1, 0.15) is 0 Å². The van der Waals surface area contributed by atoms with E-state index in [0.717, 1.165) is 11.3 Å². The van der Waals surface area contributed by atoms with Crippen LogP contribution in [0, 0.1) is 6.92 Å². The summed E-state index contributed by atoms with van der Waals surface area (Å²) in [7, 11) is -3.93. The molecule has 1 aromatic carbocycles. The molecular weight excluding hydrogens is 434 g/mol. The second-order valence-electron chi connectivity index (χ2n) is 6.60. The number of aromatic nitrogens is 2. The smallest absolute Gasteiger partial charge is 0.279 e. The monoisotopic (exact) mass is 451 g/mol. The van der Waals surface area contributed by atoms with E-state index in [0.29, 0.717) is 57.9 Å². The van der Waals surface area contributed by atoms with Crippen LogP contribution in [-0.2, 0) is 16.4 Å². The van der Waals surface area contributed by atoms with Gasteiger partial charge in [0.05, 0.1) is 16.9 Å². The third kappa shape index (κ3) is 3.24. The number of rotatable bonds is 3. The van der Waals surface area contributed by atoms with E-state index in [-0.39, 0.29) is 15.3 Å². The number of guanidine groups is 1. The van der Waals surface area contributed by atoms with Crippen molar-refractivity contribution in [1.29, 1.82) is 0 Å². The maximum absolute atomic E-state index is 13.6. The minimum atomic E-state index is -3.93. The van der Waals surface area contributed by atoms with Gasteiger partial charge >= 0.3 is 0 Å². The van der Waals surface area contributed by atoms with Crippen LogP contribution in [0.2, 0.25) is 5.02 Å². The first-order valence-electron chi connectivity index (χ1n) is 8.67. The number of anilines is 1. The summed E-state index contributed by atoms with van der Waals surface area (Å²) < 4.78 is 28.7. The van der Waals surface area contributed by atoms with Gasteiger partial charge in [-0.25, -0.2) is 8.96 Å². The number of nitrogens with zero attached hydrogens (tertiary/aromatic N) is 4. The number of hydrogen-bond donors (Lipinski definition) is 3. The molecule has 152 valence electrons. The van der Waals surface area contributed by atoms with Crippen molar-refractivity contribution in [3.05, 3.63) is 40.2 Å². The maximum atomic E-state index is 13.6. The first kappa shape index (κ1) is 19.7. The van der Waals surface area contributed by atoms with E-state index >= 15 is 0 Å². The van der Waals surface area contributed by atoms with Crippen molar-refractivity contribution in [2.75, 3.05) is 5.73 Å². The van der Waals surface area contributed by atoms with Gasteiger partial charge in [0, 0.05) is 21.7 Å². The first-order valence-corrected chi connectivity index (χ1v) is 11.3. The Morgan fingerprint density at radius 2 is 2.07 bits per heavy atom. The molecule has 9 nitrogen and oxygen atoms in total. The number of hydrogen-bond acceptors (Lipinski definition) is 7. The quantitative estimate of drug-likeness (QED) is 0.315. The van der Waals surface area contributed by atoms with Crippen LogP contribution in [0.5, 0.6) is 0 Å². The summed E-state index contributed by atoms with van der Waals surface area (Å²) in [4.78, 5) is 4.07. The molecule has 1 aliphatic carbocycles. The molecule has 0 saturated carbocycles. The second kappa shape index (κ2) is 7.01. The van der Waals surface area contributed by atoms with E-state index in [2.05, 4.69) is 15.2 Å². The lowest BCUT2D eigenvalue weighted by Gasteiger charge is -2.17. The Balaban J connectivity index is 2.08. The summed E-state index contributed by atoms with van der Waals surface area (Å²) in [5.41, 5.74) is 19.4. The molecule has 0 amide bonds. The molecule has 0 saturated heterocycles. The molecule has 4 rings (SSSR count). The Hall–Kier alpha value is -2.63. The van der Waals surface area contributed by atoms with E-state index < -0.39 is 10.0 Å². The summed E-state index contributed by atoms with van der Waals surface area (Å²) in [5, 5.41) is 9.30. The minimum absolute atomic E-state index is 0.109. The van der Waals surface area contributed by atoms with Gasteiger partial charge in [0.15, 0.2) is 9.34 Å². The van der Waals surface area contributed by atoms with Crippen LogP contribution in [0.4, 0.5) is 5.13 Å². The normalized spacial score (nSPS) is 15.6. The Labute approximate surface area is 175 Å². The van der Waals surface area contributed by atoms with Gasteiger partial charge in [-0.3, -0.25) is 0 Å². The van der Waals surface area contributed by atoms with Crippen LogP contribution < -0.4 is 17.2 Å². The highest BCUT2D eigenvalue weighted by Crippen LogP contribution is 2.38. The molecule has 3 aromatic rings. The molecule has 0 bridgehead atoms. The molecule has 1 aliphatic rings. The molecule has 0 radical (unpaired) electrons. The van der Waals surface area contributed by atoms with Crippen molar-refractivity contribution in [3.63, 3.8) is 0 Å². The van der Waals surface area contributed by atoms with Gasteiger partial charge in [0.2, 0.25) is 5.96 Å². The van der Waals surface area contributed by atoms with E-state index in [1.165, 1.54) is 3.97 Å². The number of nitrogens with two attached hydrogens (primary N) is 3. The van der Waals surface area contributed by atoms with Gasteiger partial charge in [-0.2, -0.15) is 13.5 Å². The van der Waals surface area contributed by atoms with Gasteiger partial charge in [-0.1, -0.05) is 22.9 Å². The molecule has 6 N–H and O–H groups in total. The third-order valence-corrected chi connectivity index (χ3v) is 8.19. The number of thiazole rings is 1. The van der Waals surface area contributed by atoms with Crippen LogP contribution in [0.3, 0.4) is 0 Å². The van der Waals surface area contributed by atoms with Crippen LogP contribution in [0.1, 0.15) is 29.8 Å². The molecule has 29 heavy (non-hydrogen) atoms. The predicted molar refractivity (Wildman–Crippen MR) is 116 cm³/mol. The summed E-state index contributed by atoms with van der Waals surface area (Å²) in [6.07, 6.45) is 1.87. The number of fused-ring (bicyclic) bond motifs is 3. The fraction of sp³-hybridized carbons (Fsp3) is 0.235. The molecular formula is C17H18ClN7O2S2. The van der Waals surface area contributed by atoms with Crippen molar-refractivity contribution >= 4 is 60.7 Å². The number of nitrogen functional groups attached to an aromatic ring is 1. The fourth-order valence-corrected chi connectivity index (χ4v) is 6.72. The molecule has 12 heteroatoms. The molecule has 0 atom stereocenters. The zero-order valence-corrected chi connectivity index (χ0v) is 17.8. The zero-order chi connectivity index (χ0) is 20.9. The molecule has 0 spiro atoms. The SMILES string of the molecule is Cc1nc(N)sc1S(=O)(=O)n1c2c(c3cc(Cl)ccc31)/C(=N\N=C(N)N)CCC2. The largest absolute Gasteiger partial charge is 0.375 e. The van der Waals surface area contributed by atoms with Crippen molar-refractivity contribution in [3.8, 4) is 0 Å². The standard InChI is InChI=1S/C17H18ClN7O2S2/c1-8-15(28-17(21)22-8)29(26,27)25-12-6-5-9(18)7-10(12)14-11(23-24-16(19)20)3-2-4-13(14)25/h5-7H,2-4H2,1H3,(H2,21,22)(H4,19,20,24)/b23-11-. The van der Waals surface area contributed by atoms with E-state index in [1.54, 1.807) is 25.1 Å². The van der Waals surface area contributed by atoms with Gasteiger partial charge in [0.25, 0.3) is 10.0 Å². The molecule has 2 heterocycles. The van der Waals surface area contributed by atoms with Crippen molar-refractivity contribution in [1.82, 2.24) is 8.96 Å². The summed E-state index contributed by atoms with van der Waals surface area (Å²) in [5.74, 6) is -0.172. The summed E-state index contributed by atoms with van der Waals surface area (Å²) >= 11 is 7.16. The summed E-state index contributed by atoms with van der Waals surface area (Å²) in [6, 6.07) is 5.07. The molecule has 0 fully saturated rings. The highest BCUT2D eigenvalue weighted by molar-refractivity contribution is 7.92. The molecule has 0 unspecified atom stereocenters. The topological polar surface area (TPSA) is 155 Å². The highest BCUT2D eigenvalue weighted by atomic mass is 35.5. The highest BCUT2D eigenvalue weighted by Gasteiger charge is 2.33. The van der Waals surface area contributed by atoms with Crippen molar-refractivity contribution in [2.45, 2.75) is 30.4 Å². The van der Waals surface area contributed by atoms with Crippen LogP contribution >= 0.6 is 22.9 Å². The maximum Gasteiger partial charge on any atom is 0.279 e. The van der Waals surface area contributed by atoms with E-state index in [4.69, 9.17) is 28.8 Å². The van der Waals surface area contributed by atoms with Crippen LogP contribution in [-0.4, -0.2) is 29.0 Å². The molecule has 2 aromatic heterocycles. The zero-order valence-electron chi connectivity index (χ0n) is 15.4. The van der Waals surface area contributed by atoms with E-state index in [1.807, 2.05) is 0 Å². The lowest BCUT2D eigenvalue weighted by atomic mass is 9.94. The van der Waals surface area contributed by atoms with Crippen molar-refractivity contribution in [2.24, 2.45) is 21.7 Å². The summed E-state index contributed by atoms with van der Waals surface area (Å²) in [6.45, 7) is 1.63. The number of aryl methyl sites for hydroxylation is 1. The molecule has 0 aliphatic heterocycles. The lowest BCUT2D eigenvalue weighted by Crippen LogP contribution is -2.23. The Kier molecular flexibility index (Phi) is 4.75. The van der Waals surface area contributed by atoms with Gasteiger partial charge in [-0.15, -0.1) is 5.10 Å². The Morgan fingerprint density at radius 1 is 1.31 bits per heavy atom. The Morgan fingerprint density at radius 3 is 2.72 bits per heavy atom. The minimum Gasteiger partial charge on any atom is -0.375 e. The van der Waals surface area contributed by atoms with Gasteiger partial charge in [-0.05, 0) is 44.4 Å². The van der Waals surface area contributed by atoms with Crippen molar-refractivity contribution < 1.29 is 8.42 Å². The number of benzene rings is 1. The third-order valence-electron chi connectivity index (χ3n) is 4.63. The lowest BCUT2D eigenvalue weighted by molar-refractivity contribution is 0.587. The van der Waals surface area contributed by atoms with Gasteiger partial charge < -0.3 is 17.2 Å². The first-order chi connectivity index (χ1) is 13.7. The average molecular weight is 452 g/mol. The average Bonchev–Trinajstić information content (AvgIpc) is 3.17. The van der Waals surface area contributed by atoms with Crippen LogP contribution in [0.15, 0.2) is 32.6 Å². The van der Waals surface area contributed by atoms with Crippen LogP contribution in [0.25, 0.3) is 10.9 Å².